The molecule has 0 N–H and O–H groups in total. The third-order valence-corrected chi connectivity index (χ3v) is 3.33. The van der Waals surface area contributed by atoms with E-state index >= 15 is 0 Å². The monoisotopic (exact) mass is 402 g/mol. The molecule has 0 aliphatic rings. The molecule has 26 heavy (non-hydrogen) atoms. The van der Waals surface area contributed by atoms with Gasteiger partial charge in [0, 0.05) is 0 Å². The van der Waals surface area contributed by atoms with Crippen molar-refractivity contribution in [3.05, 3.63) is 0 Å². The van der Waals surface area contributed by atoms with Crippen LogP contribution in [-0.2, 0) is 19.1 Å². The van der Waals surface area contributed by atoms with E-state index in [2.05, 4.69) is 4.74 Å². The molecular weight excluding hydrogens is 384 g/mol. The van der Waals surface area contributed by atoms with E-state index < -0.39 is 55.6 Å². The Balaban J connectivity index is 4.55. The van der Waals surface area contributed by atoms with Crippen molar-refractivity contribution in [1.82, 2.24) is 0 Å². The van der Waals surface area contributed by atoms with Crippen molar-refractivity contribution in [1.29, 1.82) is 0 Å². The van der Waals surface area contributed by atoms with Gasteiger partial charge in [0.2, 0.25) is 0 Å². The Kier molecular flexibility index (Phi) is 8.77. The molecule has 0 fully saturated rings. The zero-order valence-corrected chi connectivity index (χ0v) is 13.8. The third kappa shape index (κ3) is 6.27. The zero-order chi connectivity index (χ0) is 20.8. The number of rotatable bonds is 11. The molecule has 0 rings (SSSR count). The van der Waals surface area contributed by atoms with E-state index in [0.717, 1.165) is 0 Å². The van der Waals surface area contributed by atoms with Gasteiger partial charge in [-0.05, 0) is 5.92 Å². The smallest absolute Gasteiger partial charge is 0.381 e. The van der Waals surface area contributed by atoms with Crippen LogP contribution in [0.5, 0.6) is 0 Å². The van der Waals surface area contributed by atoms with Crippen molar-refractivity contribution in [2.45, 2.75) is 57.3 Å². The first kappa shape index (κ1) is 24.4. The van der Waals surface area contributed by atoms with Crippen molar-refractivity contribution >= 4 is 11.9 Å². The van der Waals surface area contributed by atoms with E-state index in [-0.39, 0.29) is 12.5 Å². The van der Waals surface area contributed by atoms with E-state index in [1.165, 1.54) is 0 Å². The second kappa shape index (κ2) is 9.36. The maximum atomic E-state index is 13.1. The fourth-order valence-electron chi connectivity index (χ4n) is 1.34. The topological polar surface area (TPSA) is 52.6 Å². The Labute approximate surface area is 143 Å². The molecule has 1 atom stereocenters. The number of esters is 2. The van der Waals surface area contributed by atoms with E-state index in [0.29, 0.717) is 6.42 Å². The Bertz CT molecular complexity index is 482. The maximum absolute atomic E-state index is 13.1. The Morgan fingerprint density at radius 2 is 1.38 bits per heavy atom. The molecule has 0 spiro atoms. The highest BCUT2D eigenvalue weighted by Crippen LogP contribution is 2.48. The highest BCUT2D eigenvalue weighted by atomic mass is 19.4. The standard InChI is InChI=1S/C14H18F8O4/c1-3-8(2)6-25-9(23)4-5-10(24)26-7-12(17,18)14(21,22)13(19,20)11(15)16/h8,11H,3-7H2,1-2H3. The molecule has 0 radical (unpaired) electrons. The van der Waals surface area contributed by atoms with Gasteiger partial charge >= 0.3 is 36.1 Å². The Hall–Kier alpha value is -1.62. The predicted molar refractivity (Wildman–Crippen MR) is 71.5 cm³/mol. The van der Waals surface area contributed by atoms with Crippen LogP contribution in [-0.4, -0.2) is 49.3 Å². The van der Waals surface area contributed by atoms with E-state index in [1.54, 1.807) is 6.92 Å². The van der Waals surface area contributed by atoms with Crippen LogP contribution in [0.3, 0.4) is 0 Å². The summed E-state index contributed by atoms with van der Waals surface area (Å²) < 4.78 is 110. The summed E-state index contributed by atoms with van der Waals surface area (Å²) >= 11 is 0. The molecule has 0 aromatic heterocycles. The van der Waals surface area contributed by atoms with E-state index in [4.69, 9.17) is 4.74 Å². The van der Waals surface area contributed by atoms with Crippen molar-refractivity contribution in [2.75, 3.05) is 13.2 Å². The number of hydrogen-bond acceptors (Lipinski definition) is 4. The quantitative estimate of drug-likeness (QED) is 0.386. The van der Waals surface area contributed by atoms with Gasteiger partial charge in [-0.1, -0.05) is 20.3 Å². The summed E-state index contributed by atoms with van der Waals surface area (Å²) in [4.78, 5) is 22.4. The predicted octanol–water partition coefficient (Wildman–Crippen LogP) is 4.07. The fourth-order valence-corrected chi connectivity index (χ4v) is 1.34. The summed E-state index contributed by atoms with van der Waals surface area (Å²) in [5, 5.41) is 0. The number of hydrogen-bond donors (Lipinski definition) is 0. The van der Waals surface area contributed by atoms with Crippen molar-refractivity contribution in [3.8, 4) is 0 Å². The number of halogens is 8. The van der Waals surface area contributed by atoms with Crippen LogP contribution >= 0.6 is 0 Å². The van der Waals surface area contributed by atoms with Gasteiger partial charge in [0.15, 0.2) is 6.61 Å². The molecule has 1 unspecified atom stereocenters. The SMILES string of the molecule is CCC(C)COC(=O)CCC(=O)OCC(F)(F)C(F)(F)C(F)(F)C(F)F. The lowest BCUT2D eigenvalue weighted by molar-refractivity contribution is -0.344. The minimum atomic E-state index is -6.45. The van der Waals surface area contributed by atoms with E-state index in [1.807, 2.05) is 6.92 Å². The first-order chi connectivity index (χ1) is 11.7. The minimum Gasteiger partial charge on any atom is -0.465 e. The molecule has 0 aliphatic carbocycles. The first-order valence-corrected chi connectivity index (χ1v) is 7.41. The average Bonchev–Trinajstić information content (AvgIpc) is 2.55. The van der Waals surface area contributed by atoms with Gasteiger partial charge < -0.3 is 9.47 Å². The van der Waals surface area contributed by atoms with Crippen molar-refractivity contribution in [3.63, 3.8) is 0 Å². The summed E-state index contributed by atoms with van der Waals surface area (Å²) in [5.41, 5.74) is 0. The molecule has 12 heteroatoms. The molecule has 0 heterocycles. The van der Waals surface area contributed by atoms with Crippen molar-refractivity contribution < 1.29 is 54.2 Å². The van der Waals surface area contributed by atoms with Crippen LogP contribution in [0.25, 0.3) is 0 Å². The third-order valence-electron chi connectivity index (χ3n) is 3.33. The number of ether oxygens (including phenoxy) is 2. The minimum absolute atomic E-state index is 0.0309. The molecular formula is C14H18F8O4. The maximum Gasteiger partial charge on any atom is 0.381 e. The first-order valence-electron chi connectivity index (χ1n) is 7.41. The van der Waals surface area contributed by atoms with Gasteiger partial charge in [-0.3, -0.25) is 9.59 Å². The van der Waals surface area contributed by atoms with Gasteiger partial charge in [-0.25, -0.2) is 8.78 Å². The lowest BCUT2D eigenvalue weighted by Gasteiger charge is -2.31. The number of carbonyl (C=O) groups is 2. The normalized spacial score (nSPS) is 14.3. The summed E-state index contributed by atoms with van der Waals surface area (Å²) in [5.74, 6) is -21.0. The van der Waals surface area contributed by atoms with Crippen LogP contribution in [0.4, 0.5) is 35.1 Å². The van der Waals surface area contributed by atoms with Crippen molar-refractivity contribution in [2.24, 2.45) is 5.92 Å². The highest BCUT2D eigenvalue weighted by molar-refractivity contribution is 5.77. The van der Waals surface area contributed by atoms with Crippen LogP contribution in [0.1, 0.15) is 33.1 Å². The van der Waals surface area contributed by atoms with E-state index in [9.17, 15) is 44.7 Å². The van der Waals surface area contributed by atoms with Crippen LogP contribution in [0.2, 0.25) is 0 Å². The van der Waals surface area contributed by atoms with Gasteiger partial charge in [-0.2, -0.15) is 26.3 Å². The van der Waals surface area contributed by atoms with Gasteiger partial charge in [0.25, 0.3) is 0 Å². The summed E-state index contributed by atoms with van der Waals surface area (Å²) in [6, 6.07) is 0. The highest BCUT2D eigenvalue weighted by Gasteiger charge is 2.75. The van der Waals surface area contributed by atoms with Gasteiger partial charge in [-0.15, -0.1) is 0 Å². The second-order valence-corrected chi connectivity index (χ2v) is 5.56. The summed E-state index contributed by atoms with van der Waals surface area (Å²) in [7, 11) is 0. The lowest BCUT2D eigenvalue weighted by atomic mass is 10.1. The molecule has 0 saturated carbocycles. The molecule has 0 saturated heterocycles. The largest absolute Gasteiger partial charge is 0.465 e. The molecule has 0 aromatic rings. The van der Waals surface area contributed by atoms with Gasteiger partial charge in [0.1, 0.15) is 0 Å². The molecule has 154 valence electrons. The lowest BCUT2D eigenvalue weighted by Crippen LogP contribution is -2.59. The number of carbonyl (C=O) groups excluding carboxylic acids is 2. The Morgan fingerprint density at radius 1 is 0.923 bits per heavy atom. The second-order valence-electron chi connectivity index (χ2n) is 5.56. The molecule has 4 nitrogen and oxygen atoms in total. The van der Waals surface area contributed by atoms with Crippen LogP contribution < -0.4 is 0 Å². The van der Waals surface area contributed by atoms with Gasteiger partial charge in [0.05, 0.1) is 19.4 Å². The summed E-state index contributed by atoms with van der Waals surface area (Å²) in [6.45, 7) is 1.07. The zero-order valence-electron chi connectivity index (χ0n) is 13.8. The molecule has 0 amide bonds. The molecule has 0 bridgehead atoms. The fraction of sp³-hybridized carbons (Fsp3) is 0.857. The average molecular weight is 402 g/mol. The van der Waals surface area contributed by atoms with Crippen LogP contribution in [0.15, 0.2) is 0 Å². The van der Waals surface area contributed by atoms with Crippen LogP contribution in [0, 0.1) is 5.92 Å². The molecule has 0 aliphatic heterocycles. The summed E-state index contributed by atoms with van der Waals surface area (Å²) in [6.07, 6.45) is -5.82. The number of alkyl halides is 8. The Morgan fingerprint density at radius 3 is 1.81 bits per heavy atom. The molecule has 0 aromatic carbocycles.